The van der Waals surface area contributed by atoms with Crippen molar-refractivity contribution in [1.29, 1.82) is 0 Å². The van der Waals surface area contributed by atoms with Crippen molar-refractivity contribution in [1.82, 2.24) is 0 Å². The Morgan fingerprint density at radius 2 is 2.06 bits per heavy atom. The van der Waals surface area contributed by atoms with Gasteiger partial charge in [-0.25, -0.2) is 0 Å². The van der Waals surface area contributed by atoms with Crippen LogP contribution in [0.25, 0.3) is 0 Å². The predicted molar refractivity (Wildman–Crippen MR) is 74.0 cm³/mol. The van der Waals surface area contributed by atoms with Crippen LogP contribution in [0.2, 0.25) is 0 Å². The van der Waals surface area contributed by atoms with E-state index >= 15 is 0 Å². The zero-order valence-electron chi connectivity index (χ0n) is 11.4. The monoisotopic (exact) mass is 238 g/mol. The molecule has 0 saturated heterocycles. The molecule has 0 saturated carbocycles. The Bertz CT molecular complexity index is 264. The standard InChI is InChI=1S/C15H26O2/c1-6-14(16)10-12-17-15(5,7-2)11-8-9-13(3)4/h6-7,9,14,16H,1-2,8,10-12H2,3-5H3. The molecule has 0 aliphatic rings. The molecule has 0 aromatic carbocycles. The molecule has 2 nitrogen and oxygen atoms in total. The molecule has 0 amide bonds. The van der Waals surface area contributed by atoms with Crippen LogP contribution in [-0.2, 0) is 4.74 Å². The third-order valence-corrected chi connectivity index (χ3v) is 2.74. The Balaban J connectivity index is 4.05. The molecule has 0 radical (unpaired) electrons. The molecule has 0 aromatic heterocycles. The zero-order valence-corrected chi connectivity index (χ0v) is 11.4. The van der Waals surface area contributed by atoms with Gasteiger partial charge in [0.15, 0.2) is 0 Å². The molecule has 0 aliphatic heterocycles. The normalized spacial score (nSPS) is 15.8. The predicted octanol–water partition coefficient (Wildman–Crippen LogP) is 3.63. The summed E-state index contributed by atoms with van der Waals surface area (Å²) in [6.45, 7) is 14.1. The van der Waals surface area contributed by atoms with Gasteiger partial charge in [-0.3, -0.25) is 0 Å². The first-order chi connectivity index (χ1) is 7.93. The van der Waals surface area contributed by atoms with Crippen molar-refractivity contribution in [2.24, 2.45) is 0 Å². The van der Waals surface area contributed by atoms with Crippen molar-refractivity contribution < 1.29 is 9.84 Å². The van der Waals surface area contributed by atoms with E-state index in [2.05, 4.69) is 33.1 Å². The molecular weight excluding hydrogens is 212 g/mol. The molecule has 0 fully saturated rings. The minimum absolute atomic E-state index is 0.313. The Hall–Kier alpha value is -0.860. The SMILES string of the molecule is C=CC(O)CCOC(C)(C=C)CCC=C(C)C. The lowest BCUT2D eigenvalue weighted by atomic mass is 9.99. The van der Waals surface area contributed by atoms with E-state index in [0.717, 1.165) is 12.8 Å². The Kier molecular flexibility index (Phi) is 7.85. The summed E-state index contributed by atoms with van der Waals surface area (Å²) < 4.78 is 5.78. The van der Waals surface area contributed by atoms with E-state index in [1.807, 2.05) is 13.0 Å². The Morgan fingerprint density at radius 1 is 1.41 bits per heavy atom. The second-order valence-corrected chi connectivity index (χ2v) is 4.78. The summed E-state index contributed by atoms with van der Waals surface area (Å²) in [6, 6.07) is 0. The van der Waals surface area contributed by atoms with Gasteiger partial charge in [-0.2, -0.15) is 0 Å². The van der Waals surface area contributed by atoms with Crippen LogP contribution in [0.3, 0.4) is 0 Å². The third-order valence-electron chi connectivity index (χ3n) is 2.74. The molecule has 17 heavy (non-hydrogen) atoms. The number of allylic oxidation sites excluding steroid dienone is 2. The molecule has 0 aromatic rings. The first-order valence-corrected chi connectivity index (χ1v) is 6.15. The average molecular weight is 238 g/mol. The van der Waals surface area contributed by atoms with Crippen LogP contribution in [0.5, 0.6) is 0 Å². The quantitative estimate of drug-likeness (QED) is 0.622. The van der Waals surface area contributed by atoms with Gasteiger partial charge < -0.3 is 9.84 Å². The molecule has 0 heterocycles. The van der Waals surface area contributed by atoms with E-state index in [0.29, 0.717) is 13.0 Å². The van der Waals surface area contributed by atoms with Gasteiger partial charge in [0.2, 0.25) is 0 Å². The minimum Gasteiger partial charge on any atom is -0.389 e. The lowest BCUT2D eigenvalue weighted by Gasteiger charge is -2.26. The lowest BCUT2D eigenvalue weighted by Crippen LogP contribution is -2.27. The molecular formula is C15H26O2. The van der Waals surface area contributed by atoms with E-state index in [-0.39, 0.29) is 5.60 Å². The van der Waals surface area contributed by atoms with Crippen LogP contribution in [0, 0.1) is 0 Å². The highest BCUT2D eigenvalue weighted by Crippen LogP contribution is 2.20. The van der Waals surface area contributed by atoms with E-state index in [9.17, 15) is 5.11 Å². The van der Waals surface area contributed by atoms with Crippen LogP contribution < -0.4 is 0 Å². The van der Waals surface area contributed by atoms with E-state index in [1.54, 1.807) is 0 Å². The maximum absolute atomic E-state index is 9.34. The average Bonchev–Trinajstić information content (AvgIpc) is 2.28. The fourth-order valence-electron chi connectivity index (χ4n) is 1.41. The maximum Gasteiger partial charge on any atom is 0.0834 e. The Morgan fingerprint density at radius 3 is 2.53 bits per heavy atom. The fraction of sp³-hybridized carbons (Fsp3) is 0.600. The van der Waals surface area contributed by atoms with Gasteiger partial charge >= 0.3 is 0 Å². The number of ether oxygens (including phenoxy) is 1. The van der Waals surface area contributed by atoms with Crippen molar-refractivity contribution in [3.05, 3.63) is 37.0 Å². The van der Waals surface area contributed by atoms with Gasteiger partial charge in [-0.15, -0.1) is 13.2 Å². The van der Waals surface area contributed by atoms with Crippen LogP contribution in [0.1, 0.15) is 40.0 Å². The summed E-state index contributed by atoms with van der Waals surface area (Å²) in [7, 11) is 0. The fourth-order valence-corrected chi connectivity index (χ4v) is 1.41. The van der Waals surface area contributed by atoms with Crippen molar-refractivity contribution in [2.75, 3.05) is 6.61 Å². The van der Waals surface area contributed by atoms with Crippen LogP contribution in [0.15, 0.2) is 37.0 Å². The van der Waals surface area contributed by atoms with Crippen molar-refractivity contribution in [3.8, 4) is 0 Å². The van der Waals surface area contributed by atoms with Gasteiger partial charge in [0.1, 0.15) is 0 Å². The van der Waals surface area contributed by atoms with Crippen molar-refractivity contribution >= 4 is 0 Å². The first kappa shape index (κ1) is 16.1. The summed E-state index contributed by atoms with van der Waals surface area (Å²) >= 11 is 0. The maximum atomic E-state index is 9.34. The Labute approximate surface area is 106 Å². The first-order valence-electron chi connectivity index (χ1n) is 6.15. The third kappa shape index (κ3) is 7.94. The highest BCUT2D eigenvalue weighted by atomic mass is 16.5. The zero-order chi connectivity index (χ0) is 13.3. The number of hydrogen-bond donors (Lipinski definition) is 1. The van der Waals surface area contributed by atoms with E-state index in [1.165, 1.54) is 11.6 Å². The topological polar surface area (TPSA) is 29.5 Å². The summed E-state index contributed by atoms with van der Waals surface area (Å²) in [6.07, 6.45) is 7.55. The number of rotatable bonds is 9. The molecule has 0 spiro atoms. The highest BCUT2D eigenvalue weighted by molar-refractivity contribution is 4.99. The minimum atomic E-state index is -0.484. The van der Waals surface area contributed by atoms with Crippen LogP contribution in [0.4, 0.5) is 0 Å². The second kappa shape index (κ2) is 8.26. The van der Waals surface area contributed by atoms with Gasteiger partial charge in [0.25, 0.3) is 0 Å². The molecule has 2 atom stereocenters. The van der Waals surface area contributed by atoms with Gasteiger partial charge in [0, 0.05) is 6.42 Å². The number of hydrogen-bond acceptors (Lipinski definition) is 2. The number of aliphatic hydroxyl groups is 1. The van der Waals surface area contributed by atoms with Gasteiger partial charge in [-0.1, -0.05) is 23.8 Å². The van der Waals surface area contributed by atoms with Crippen molar-refractivity contribution in [3.63, 3.8) is 0 Å². The molecule has 0 aliphatic carbocycles. The molecule has 1 N–H and O–H groups in total. The highest BCUT2D eigenvalue weighted by Gasteiger charge is 2.19. The van der Waals surface area contributed by atoms with Gasteiger partial charge in [-0.05, 0) is 33.6 Å². The molecule has 98 valence electrons. The summed E-state index contributed by atoms with van der Waals surface area (Å²) in [5, 5.41) is 9.34. The molecule has 2 unspecified atom stereocenters. The molecule has 2 heteroatoms. The second-order valence-electron chi connectivity index (χ2n) is 4.78. The van der Waals surface area contributed by atoms with Crippen LogP contribution >= 0.6 is 0 Å². The van der Waals surface area contributed by atoms with Crippen molar-refractivity contribution in [2.45, 2.75) is 51.7 Å². The lowest BCUT2D eigenvalue weighted by molar-refractivity contribution is -0.0108. The van der Waals surface area contributed by atoms with Crippen LogP contribution in [-0.4, -0.2) is 23.4 Å². The molecule has 0 rings (SSSR count). The summed E-state index contributed by atoms with van der Waals surface area (Å²) in [5.74, 6) is 0. The van der Waals surface area contributed by atoms with E-state index < -0.39 is 6.10 Å². The summed E-state index contributed by atoms with van der Waals surface area (Å²) in [5.41, 5.74) is 1.01. The smallest absolute Gasteiger partial charge is 0.0834 e. The van der Waals surface area contributed by atoms with Gasteiger partial charge in [0.05, 0.1) is 18.3 Å². The summed E-state index contributed by atoms with van der Waals surface area (Å²) in [4.78, 5) is 0. The number of aliphatic hydroxyl groups excluding tert-OH is 1. The van der Waals surface area contributed by atoms with E-state index in [4.69, 9.17) is 4.74 Å². The largest absolute Gasteiger partial charge is 0.389 e. The molecule has 0 bridgehead atoms.